The van der Waals surface area contributed by atoms with Gasteiger partial charge in [-0.15, -0.1) is 0 Å². The van der Waals surface area contributed by atoms with Crippen molar-refractivity contribution in [1.29, 1.82) is 0 Å². The van der Waals surface area contributed by atoms with Crippen LogP contribution in [0.25, 0.3) is 0 Å². The van der Waals surface area contributed by atoms with E-state index in [-0.39, 0.29) is 6.04 Å². The minimum absolute atomic E-state index is 0.141. The Hall–Kier alpha value is -0.190. The molecular weight excluding hydrogens is 148 g/mol. The average molecular weight is 162 g/mol. The van der Waals surface area contributed by atoms with Gasteiger partial charge in [-0.05, 0) is 18.4 Å². The molecule has 0 saturated carbocycles. The van der Waals surface area contributed by atoms with E-state index in [0.29, 0.717) is 5.70 Å². The Balaban J connectivity index is 3.41. The maximum atomic E-state index is 8.37. The molecule has 0 aliphatic rings. The maximum absolute atomic E-state index is 8.37. The molecule has 0 saturated heterocycles. The number of thioether (sulfide) groups is 1. The van der Waals surface area contributed by atoms with Crippen LogP contribution in [0, 0.1) is 0 Å². The minimum atomic E-state index is -0.141. The molecule has 0 unspecified atom stereocenters. The van der Waals surface area contributed by atoms with Gasteiger partial charge in [0.1, 0.15) is 0 Å². The Labute approximate surface area is 65.6 Å². The Kier molecular flexibility index (Phi) is 5.48. The summed E-state index contributed by atoms with van der Waals surface area (Å²) in [4.78, 5) is 0. The summed E-state index contributed by atoms with van der Waals surface area (Å²) in [5, 5.41) is 8.37. The molecule has 0 aromatic rings. The summed E-state index contributed by atoms with van der Waals surface area (Å²) in [5.41, 5.74) is 8.00. The first-order chi connectivity index (χ1) is 4.72. The normalized spacial score (nSPS) is 12.7. The smallest absolute Gasteiger partial charge is 0.0472 e. The third-order valence-electron chi connectivity index (χ3n) is 1.22. The van der Waals surface area contributed by atoms with Crippen LogP contribution in [-0.4, -0.2) is 23.3 Å². The standard InChI is InChI=1S/C6H14N2OS/c1-5(8-9)6(7)3-4-10-2/h6,8-9H,1,3-4,7H2,2H3/t6-/m0/s1. The number of nitrogens with one attached hydrogen (secondary N) is 1. The predicted octanol–water partition coefficient (Wildman–Crippen LogP) is 0.559. The molecule has 0 heterocycles. The molecule has 3 nitrogen and oxygen atoms in total. The fraction of sp³-hybridized carbons (Fsp3) is 0.667. The van der Waals surface area contributed by atoms with Gasteiger partial charge in [-0.3, -0.25) is 10.7 Å². The van der Waals surface area contributed by atoms with Gasteiger partial charge in [0.15, 0.2) is 0 Å². The van der Waals surface area contributed by atoms with Gasteiger partial charge in [0, 0.05) is 11.7 Å². The molecule has 10 heavy (non-hydrogen) atoms. The quantitative estimate of drug-likeness (QED) is 0.517. The lowest BCUT2D eigenvalue weighted by Gasteiger charge is -2.11. The third-order valence-corrected chi connectivity index (χ3v) is 1.87. The summed E-state index contributed by atoms with van der Waals surface area (Å²) in [6.07, 6.45) is 2.86. The fourth-order valence-corrected chi connectivity index (χ4v) is 0.992. The topological polar surface area (TPSA) is 58.3 Å². The van der Waals surface area contributed by atoms with Crippen LogP contribution in [0.15, 0.2) is 12.3 Å². The highest BCUT2D eigenvalue weighted by molar-refractivity contribution is 7.98. The van der Waals surface area contributed by atoms with E-state index in [1.165, 1.54) is 0 Å². The molecule has 0 radical (unpaired) electrons. The highest BCUT2D eigenvalue weighted by Crippen LogP contribution is 2.02. The van der Waals surface area contributed by atoms with Gasteiger partial charge in [-0.25, -0.2) is 0 Å². The summed E-state index contributed by atoms with van der Waals surface area (Å²) in [6, 6.07) is -0.141. The van der Waals surface area contributed by atoms with Crippen LogP contribution < -0.4 is 11.2 Å². The van der Waals surface area contributed by atoms with Gasteiger partial charge in [-0.2, -0.15) is 11.8 Å². The molecule has 0 amide bonds. The largest absolute Gasteiger partial charge is 0.323 e. The molecule has 4 heteroatoms. The van der Waals surface area contributed by atoms with Crippen molar-refractivity contribution in [2.75, 3.05) is 12.0 Å². The molecule has 60 valence electrons. The Morgan fingerprint density at radius 3 is 2.90 bits per heavy atom. The van der Waals surface area contributed by atoms with Gasteiger partial charge in [0.25, 0.3) is 0 Å². The van der Waals surface area contributed by atoms with Gasteiger partial charge in [0.2, 0.25) is 0 Å². The zero-order chi connectivity index (χ0) is 7.98. The van der Waals surface area contributed by atoms with Crippen LogP contribution in [0.2, 0.25) is 0 Å². The predicted molar refractivity (Wildman–Crippen MR) is 45.0 cm³/mol. The van der Waals surface area contributed by atoms with Gasteiger partial charge in [-0.1, -0.05) is 6.58 Å². The van der Waals surface area contributed by atoms with Crippen molar-refractivity contribution >= 4 is 11.8 Å². The molecule has 0 fully saturated rings. The Morgan fingerprint density at radius 2 is 2.50 bits per heavy atom. The fourth-order valence-electron chi connectivity index (χ4n) is 0.502. The van der Waals surface area contributed by atoms with Crippen molar-refractivity contribution in [3.05, 3.63) is 12.3 Å². The summed E-state index contributed by atoms with van der Waals surface area (Å²) in [7, 11) is 0. The van der Waals surface area contributed by atoms with Crippen LogP contribution in [0.5, 0.6) is 0 Å². The molecule has 0 aromatic carbocycles. The monoisotopic (exact) mass is 162 g/mol. The highest BCUT2D eigenvalue weighted by Gasteiger charge is 2.03. The third kappa shape index (κ3) is 3.76. The van der Waals surface area contributed by atoms with E-state index in [9.17, 15) is 0 Å². The van der Waals surface area contributed by atoms with E-state index in [1.807, 2.05) is 11.7 Å². The van der Waals surface area contributed by atoms with Crippen LogP contribution in [0.3, 0.4) is 0 Å². The first-order valence-corrected chi connectivity index (χ1v) is 4.45. The highest BCUT2D eigenvalue weighted by atomic mass is 32.2. The van der Waals surface area contributed by atoms with E-state index in [0.717, 1.165) is 12.2 Å². The second kappa shape index (κ2) is 5.58. The molecular formula is C6H14N2OS. The van der Waals surface area contributed by atoms with Gasteiger partial charge < -0.3 is 5.73 Å². The van der Waals surface area contributed by atoms with E-state index in [4.69, 9.17) is 10.9 Å². The van der Waals surface area contributed by atoms with Crippen molar-refractivity contribution in [2.45, 2.75) is 12.5 Å². The zero-order valence-corrected chi connectivity index (χ0v) is 6.95. The number of nitrogens with two attached hydrogens (primary N) is 1. The lowest BCUT2D eigenvalue weighted by Crippen LogP contribution is -2.29. The van der Waals surface area contributed by atoms with Gasteiger partial charge >= 0.3 is 0 Å². The van der Waals surface area contributed by atoms with Crippen LogP contribution in [0.1, 0.15) is 6.42 Å². The summed E-state index contributed by atoms with van der Waals surface area (Å²) in [6.45, 7) is 3.53. The maximum Gasteiger partial charge on any atom is 0.0472 e. The number of hydroxylamine groups is 1. The molecule has 0 aliphatic carbocycles. The minimum Gasteiger partial charge on any atom is -0.323 e. The lowest BCUT2D eigenvalue weighted by atomic mass is 10.2. The first kappa shape index (κ1) is 9.81. The Bertz CT molecular complexity index is 108. The molecule has 0 spiro atoms. The Morgan fingerprint density at radius 1 is 1.90 bits per heavy atom. The molecule has 4 N–H and O–H groups in total. The summed E-state index contributed by atoms with van der Waals surface area (Å²) in [5.74, 6) is 0.988. The van der Waals surface area contributed by atoms with E-state index in [2.05, 4.69) is 6.58 Å². The lowest BCUT2D eigenvalue weighted by molar-refractivity contribution is 0.193. The second-order valence-electron chi connectivity index (χ2n) is 2.03. The number of rotatable bonds is 5. The van der Waals surface area contributed by atoms with E-state index in [1.54, 1.807) is 11.8 Å². The SMILES string of the molecule is C=C(NO)[C@@H](N)CCSC. The average Bonchev–Trinajstić information content (AvgIpc) is 1.98. The van der Waals surface area contributed by atoms with Crippen LogP contribution in [-0.2, 0) is 0 Å². The molecule has 0 aromatic heterocycles. The first-order valence-electron chi connectivity index (χ1n) is 3.05. The number of hydrogen-bond acceptors (Lipinski definition) is 4. The molecule has 0 rings (SSSR count). The van der Waals surface area contributed by atoms with Crippen LogP contribution >= 0.6 is 11.8 Å². The molecule has 0 aliphatic heterocycles. The molecule has 0 bridgehead atoms. The van der Waals surface area contributed by atoms with Crippen molar-refractivity contribution in [3.8, 4) is 0 Å². The van der Waals surface area contributed by atoms with Gasteiger partial charge in [0.05, 0.1) is 0 Å². The zero-order valence-electron chi connectivity index (χ0n) is 6.13. The van der Waals surface area contributed by atoms with E-state index >= 15 is 0 Å². The number of hydrogen-bond donors (Lipinski definition) is 3. The van der Waals surface area contributed by atoms with Crippen molar-refractivity contribution < 1.29 is 5.21 Å². The van der Waals surface area contributed by atoms with Crippen molar-refractivity contribution in [1.82, 2.24) is 5.48 Å². The summed E-state index contributed by atoms with van der Waals surface area (Å²) >= 11 is 1.73. The van der Waals surface area contributed by atoms with Crippen LogP contribution in [0.4, 0.5) is 0 Å². The second-order valence-corrected chi connectivity index (χ2v) is 3.01. The molecule has 1 atom stereocenters. The van der Waals surface area contributed by atoms with Crippen molar-refractivity contribution in [2.24, 2.45) is 5.73 Å². The van der Waals surface area contributed by atoms with E-state index < -0.39 is 0 Å². The van der Waals surface area contributed by atoms with Crippen molar-refractivity contribution in [3.63, 3.8) is 0 Å². The summed E-state index contributed by atoms with van der Waals surface area (Å²) < 4.78 is 0.